The quantitative estimate of drug-likeness (QED) is 0.607. The maximum atomic E-state index is 4.35. The number of rotatable bonds is 1. The summed E-state index contributed by atoms with van der Waals surface area (Å²) in [6, 6.07) is 0. The summed E-state index contributed by atoms with van der Waals surface area (Å²) in [6.07, 6.45) is 0. The molecule has 0 aliphatic rings. The van der Waals surface area contributed by atoms with E-state index in [0.29, 0.717) is 5.92 Å². The second kappa shape index (κ2) is 2.70. The smallest absolute Gasteiger partial charge is 0.0900 e. The van der Waals surface area contributed by atoms with Crippen LogP contribution in [0, 0.1) is 13.8 Å². The molecular weight excluding hydrogens is 142 g/mol. The number of hydrogen-bond acceptors (Lipinski definition) is 2. The van der Waals surface area contributed by atoms with Crippen LogP contribution in [0.15, 0.2) is 0 Å². The van der Waals surface area contributed by atoms with E-state index in [1.54, 1.807) is 0 Å². The van der Waals surface area contributed by atoms with Gasteiger partial charge in [-0.1, -0.05) is 13.8 Å². The van der Waals surface area contributed by atoms with E-state index in [9.17, 15) is 0 Å². The molecule has 0 radical (unpaired) electrons. The third-order valence-electron chi connectivity index (χ3n) is 1.46. The standard InChI is InChI=1S/C8H13NS/c1-5(2)8-6(3)9-7(4)10-8/h5H,1-4H3. The van der Waals surface area contributed by atoms with Crippen molar-refractivity contribution in [3.05, 3.63) is 15.6 Å². The van der Waals surface area contributed by atoms with Crippen molar-refractivity contribution >= 4 is 11.3 Å². The maximum Gasteiger partial charge on any atom is 0.0900 e. The molecule has 1 aromatic rings. The van der Waals surface area contributed by atoms with E-state index >= 15 is 0 Å². The Morgan fingerprint density at radius 3 is 2.10 bits per heavy atom. The predicted molar refractivity (Wildman–Crippen MR) is 45.7 cm³/mol. The first-order chi connectivity index (χ1) is 4.61. The van der Waals surface area contributed by atoms with Crippen molar-refractivity contribution in [3.8, 4) is 0 Å². The lowest BCUT2D eigenvalue weighted by atomic mass is 10.1. The summed E-state index contributed by atoms with van der Waals surface area (Å²) in [5.41, 5.74) is 1.21. The fourth-order valence-corrected chi connectivity index (χ4v) is 2.01. The fourth-order valence-electron chi connectivity index (χ4n) is 1.08. The minimum absolute atomic E-state index is 0.631. The van der Waals surface area contributed by atoms with E-state index in [0.717, 1.165) is 0 Å². The Morgan fingerprint density at radius 2 is 1.90 bits per heavy atom. The number of aromatic nitrogens is 1. The van der Waals surface area contributed by atoms with Crippen LogP contribution in [0.25, 0.3) is 0 Å². The van der Waals surface area contributed by atoms with Gasteiger partial charge < -0.3 is 0 Å². The van der Waals surface area contributed by atoms with E-state index < -0.39 is 0 Å². The van der Waals surface area contributed by atoms with Crippen LogP contribution in [0.2, 0.25) is 0 Å². The molecule has 0 fully saturated rings. The lowest BCUT2D eigenvalue weighted by molar-refractivity contribution is 0.872. The van der Waals surface area contributed by atoms with Gasteiger partial charge in [-0.15, -0.1) is 11.3 Å². The zero-order chi connectivity index (χ0) is 7.72. The molecule has 0 saturated heterocycles. The van der Waals surface area contributed by atoms with Crippen LogP contribution < -0.4 is 0 Å². The topological polar surface area (TPSA) is 12.9 Å². The van der Waals surface area contributed by atoms with Crippen LogP contribution in [-0.4, -0.2) is 4.98 Å². The van der Waals surface area contributed by atoms with Crippen molar-refractivity contribution in [3.63, 3.8) is 0 Å². The van der Waals surface area contributed by atoms with Gasteiger partial charge in [0.1, 0.15) is 0 Å². The zero-order valence-electron chi connectivity index (χ0n) is 6.93. The molecule has 1 rings (SSSR count). The summed E-state index contributed by atoms with van der Waals surface area (Å²) < 4.78 is 0. The van der Waals surface area contributed by atoms with Gasteiger partial charge in [-0.3, -0.25) is 0 Å². The molecule has 0 amide bonds. The number of nitrogens with zero attached hydrogens (tertiary/aromatic N) is 1. The van der Waals surface area contributed by atoms with Crippen molar-refractivity contribution in [1.82, 2.24) is 4.98 Å². The molecule has 0 aromatic carbocycles. The highest BCUT2D eigenvalue weighted by Gasteiger charge is 2.07. The van der Waals surface area contributed by atoms with Gasteiger partial charge in [0.2, 0.25) is 0 Å². The molecule has 0 saturated carbocycles. The van der Waals surface area contributed by atoms with Gasteiger partial charge in [0.15, 0.2) is 0 Å². The van der Waals surface area contributed by atoms with E-state index in [1.165, 1.54) is 15.6 Å². The molecule has 0 unspecified atom stereocenters. The second-order valence-electron chi connectivity index (χ2n) is 2.84. The molecule has 0 aliphatic carbocycles. The Morgan fingerprint density at radius 1 is 1.30 bits per heavy atom. The molecule has 1 nitrogen and oxygen atoms in total. The number of thiazole rings is 1. The highest BCUT2D eigenvalue weighted by molar-refractivity contribution is 7.11. The highest BCUT2D eigenvalue weighted by Crippen LogP contribution is 2.24. The van der Waals surface area contributed by atoms with Crippen LogP contribution >= 0.6 is 11.3 Å². The van der Waals surface area contributed by atoms with Crippen LogP contribution in [0.5, 0.6) is 0 Å². The van der Waals surface area contributed by atoms with Crippen molar-refractivity contribution in [2.24, 2.45) is 0 Å². The first-order valence-corrected chi connectivity index (χ1v) is 4.37. The zero-order valence-corrected chi connectivity index (χ0v) is 7.75. The molecule has 1 heterocycles. The molecular formula is C8H13NS. The minimum atomic E-state index is 0.631. The Labute approximate surface area is 66.1 Å². The maximum absolute atomic E-state index is 4.35. The van der Waals surface area contributed by atoms with Crippen molar-refractivity contribution < 1.29 is 0 Å². The van der Waals surface area contributed by atoms with E-state index in [2.05, 4.69) is 32.7 Å². The molecule has 56 valence electrons. The average Bonchev–Trinajstić information content (AvgIpc) is 2.10. The predicted octanol–water partition coefficient (Wildman–Crippen LogP) is 2.88. The van der Waals surface area contributed by atoms with Gasteiger partial charge in [-0.05, 0) is 19.8 Å². The third-order valence-corrected chi connectivity index (χ3v) is 2.84. The van der Waals surface area contributed by atoms with Gasteiger partial charge in [-0.2, -0.15) is 0 Å². The normalized spacial score (nSPS) is 10.9. The molecule has 10 heavy (non-hydrogen) atoms. The van der Waals surface area contributed by atoms with E-state index in [-0.39, 0.29) is 0 Å². The molecule has 0 atom stereocenters. The number of aryl methyl sites for hydroxylation is 2. The van der Waals surface area contributed by atoms with Gasteiger partial charge in [0.25, 0.3) is 0 Å². The van der Waals surface area contributed by atoms with E-state index in [4.69, 9.17) is 0 Å². The van der Waals surface area contributed by atoms with Crippen LogP contribution in [0.4, 0.5) is 0 Å². The molecule has 0 spiro atoms. The molecule has 1 aromatic heterocycles. The summed E-state index contributed by atoms with van der Waals surface area (Å²) >= 11 is 1.81. The van der Waals surface area contributed by atoms with Gasteiger partial charge in [0.05, 0.1) is 10.7 Å². The molecule has 0 N–H and O–H groups in total. The summed E-state index contributed by atoms with van der Waals surface area (Å²) in [4.78, 5) is 5.78. The number of hydrogen-bond donors (Lipinski definition) is 0. The van der Waals surface area contributed by atoms with Crippen LogP contribution in [0.1, 0.15) is 35.3 Å². The first-order valence-electron chi connectivity index (χ1n) is 3.55. The second-order valence-corrected chi connectivity index (χ2v) is 4.07. The largest absolute Gasteiger partial charge is 0.247 e. The SMILES string of the molecule is Cc1nc(C)c(C(C)C)s1. The average molecular weight is 155 g/mol. The van der Waals surface area contributed by atoms with Gasteiger partial charge >= 0.3 is 0 Å². The Kier molecular flexibility index (Phi) is 2.09. The summed E-state index contributed by atoms with van der Waals surface area (Å²) in [7, 11) is 0. The van der Waals surface area contributed by atoms with Gasteiger partial charge in [-0.25, -0.2) is 4.98 Å². The third kappa shape index (κ3) is 1.37. The molecule has 0 aliphatic heterocycles. The van der Waals surface area contributed by atoms with E-state index in [1.807, 2.05) is 11.3 Å². The monoisotopic (exact) mass is 155 g/mol. The van der Waals surface area contributed by atoms with Crippen LogP contribution in [-0.2, 0) is 0 Å². The van der Waals surface area contributed by atoms with Crippen molar-refractivity contribution in [1.29, 1.82) is 0 Å². The van der Waals surface area contributed by atoms with Gasteiger partial charge in [0, 0.05) is 4.88 Å². The summed E-state index contributed by atoms with van der Waals surface area (Å²) in [5, 5.41) is 1.18. The Bertz CT molecular complexity index is 225. The first kappa shape index (κ1) is 7.73. The van der Waals surface area contributed by atoms with Crippen molar-refractivity contribution in [2.45, 2.75) is 33.6 Å². The summed E-state index contributed by atoms with van der Waals surface area (Å²) in [5.74, 6) is 0.631. The lowest BCUT2D eigenvalue weighted by Gasteiger charge is -1.98. The Hall–Kier alpha value is -0.370. The molecule has 0 bridgehead atoms. The fraction of sp³-hybridized carbons (Fsp3) is 0.625. The molecule has 2 heteroatoms. The van der Waals surface area contributed by atoms with Crippen LogP contribution in [0.3, 0.4) is 0 Å². The Balaban J connectivity index is 3.03. The minimum Gasteiger partial charge on any atom is -0.247 e. The lowest BCUT2D eigenvalue weighted by Crippen LogP contribution is -1.84. The highest BCUT2D eigenvalue weighted by atomic mass is 32.1. The van der Waals surface area contributed by atoms with Crippen molar-refractivity contribution in [2.75, 3.05) is 0 Å². The summed E-state index contributed by atoms with van der Waals surface area (Å²) in [6.45, 7) is 8.56.